The van der Waals surface area contributed by atoms with Crippen molar-refractivity contribution in [2.24, 2.45) is 5.73 Å². The number of benzene rings is 1. The van der Waals surface area contributed by atoms with Crippen molar-refractivity contribution in [1.82, 2.24) is 0 Å². The Morgan fingerprint density at radius 3 is 2.72 bits per heavy atom. The van der Waals surface area contributed by atoms with Gasteiger partial charge in [0.25, 0.3) is 0 Å². The minimum absolute atomic E-state index is 0.0195. The van der Waals surface area contributed by atoms with E-state index in [2.05, 4.69) is 12.2 Å². The van der Waals surface area contributed by atoms with E-state index in [0.29, 0.717) is 10.0 Å². The van der Waals surface area contributed by atoms with Gasteiger partial charge in [-0.25, -0.2) is 0 Å². The molecular weight excluding hydrogens is 268 g/mol. The summed E-state index contributed by atoms with van der Waals surface area (Å²) in [6.45, 7) is 3.74. The molecule has 0 saturated carbocycles. The van der Waals surface area contributed by atoms with Crippen LogP contribution in [0.2, 0.25) is 5.02 Å². The number of anilines is 1. The molecule has 18 heavy (non-hydrogen) atoms. The molecule has 0 amide bonds. The highest BCUT2D eigenvalue weighted by molar-refractivity contribution is 7.80. The molecule has 0 aromatic heterocycles. The number of nitrogens with one attached hydrogen (secondary N) is 1. The van der Waals surface area contributed by atoms with Gasteiger partial charge in [0.15, 0.2) is 0 Å². The fraction of sp³-hybridized carbons (Fsp3) is 0.462. The Bertz CT molecular complexity index is 458. The number of halogens is 1. The van der Waals surface area contributed by atoms with Crippen LogP contribution in [-0.2, 0) is 4.74 Å². The van der Waals surface area contributed by atoms with Gasteiger partial charge < -0.3 is 15.8 Å². The quantitative estimate of drug-likeness (QED) is 0.838. The monoisotopic (exact) mass is 284 g/mol. The van der Waals surface area contributed by atoms with Crippen molar-refractivity contribution in [3.05, 3.63) is 28.8 Å². The van der Waals surface area contributed by atoms with E-state index in [-0.39, 0.29) is 5.54 Å². The molecule has 2 rings (SSSR count). The van der Waals surface area contributed by atoms with Crippen LogP contribution in [0.4, 0.5) is 5.69 Å². The first-order valence-electron chi connectivity index (χ1n) is 5.95. The third kappa shape index (κ3) is 3.13. The van der Waals surface area contributed by atoms with Gasteiger partial charge in [0.2, 0.25) is 0 Å². The van der Waals surface area contributed by atoms with E-state index in [1.165, 1.54) is 0 Å². The van der Waals surface area contributed by atoms with Crippen molar-refractivity contribution >= 4 is 34.5 Å². The second-order valence-electron chi connectivity index (χ2n) is 4.85. The summed E-state index contributed by atoms with van der Waals surface area (Å²) in [6.07, 6.45) is 1.93. The zero-order chi connectivity index (χ0) is 13.2. The van der Waals surface area contributed by atoms with E-state index in [4.69, 9.17) is 34.3 Å². The Kier molecular flexibility index (Phi) is 4.10. The summed E-state index contributed by atoms with van der Waals surface area (Å²) in [7, 11) is 0. The van der Waals surface area contributed by atoms with Gasteiger partial charge >= 0.3 is 0 Å². The third-order valence-electron chi connectivity index (χ3n) is 3.28. The predicted molar refractivity (Wildman–Crippen MR) is 79.4 cm³/mol. The molecule has 0 unspecified atom stereocenters. The lowest BCUT2D eigenvalue weighted by molar-refractivity contribution is 0.0658. The zero-order valence-electron chi connectivity index (χ0n) is 10.3. The molecule has 1 aliphatic rings. The van der Waals surface area contributed by atoms with Crippen LogP contribution in [0.1, 0.15) is 25.3 Å². The van der Waals surface area contributed by atoms with Gasteiger partial charge in [-0.15, -0.1) is 0 Å². The van der Waals surface area contributed by atoms with E-state index in [1.807, 2.05) is 12.1 Å². The Balaban J connectivity index is 2.25. The highest BCUT2D eigenvalue weighted by atomic mass is 35.5. The van der Waals surface area contributed by atoms with Gasteiger partial charge in [0.05, 0.1) is 0 Å². The molecule has 1 aromatic rings. The largest absolute Gasteiger partial charge is 0.389 e. The van der Waals surface area contributed by atoms with Gasteiger partial charge in [0, 0.05) is 35.0 Å². The SMILES string of the molecule is CC1(Nc2ccc(Cl)cc2C(N)=S)CCOCC1. The number of thiocarbonyl (C=S) groups is 1. The zero-order valence-corrected chi connectivity index (χ0v) is 11.9. The Morgan fingerprint density at radius 2 is 2.11 bits per heavy atom. The molecule has 3 nitrogen and oxygen atoms in total. The maximum Gasteiger partial charge on any atom is 0.106 e. The summed E-state index contributed by atoms with van der Waals surface area (Å²) >= 11 is 11.0. The number of nitrogens with two attached hydrogens (primary N) is 1. The Labute approximate surface area is 118 Å². The van der Waals surface area contributed by atoms with Crippen molar-refractivity contribution in [3.8, 4) is 0 Å². The second kappa shape index (κ2) is 5.43. The number of ether oxygens (including phenoxy) is 1. The first kappa shape index (κ1) is 13.6. The average Bonchev–Trinajstić information content (AvgIpc) is 2.32. The summed E-state index contributed by atoms with van der Waals surface area (Å²) in [5.74, 6) is 0. The van der Waals surface area contributed by atoms with Crippen LogP contribution in [-0.4, -0.2) is 23.7 Å². The normalized spacial score (nSPS) is 18.3. The van der Waals surface area contributed by atoms with Crippen LogP contribution < -0.4 is 11.1 Å². The molecule has 0 bridgehead atoms. The van der Waals surface area contributed by atoms with E-state index in [1.54, 1.807) is 6.07 Å². The fourth-order valence-electron chi connectivity index (χ4n) is 2.10. The molecule has 0 radical (unpaired) electrons. The highest BCUT2D eigenvalue weighted by Gasteiger charge is 2.27. The smallest absolute Gasteiger partial charge is 0.106 e. The Hall–Kier alpha value is -0.840. The Morgan fingerprint density at radius 1 is 1.44 bits per heavy atom. The number of hydrogen-bond donors (Lipinski definition) is 2. The summed E-state index contributed by atoms with van der Waals surface area (Å²) in [4.78, 5) is 0.357. The number of rotatable bonds is 3. The molecule has 0 aliphatic carbocycles. The van der Waals surface area contributed by atoms with Gasteiger partial charge in [-0.2, -0.15) is 0 Å². The lowest BCUT2D eigenvalue weighted by Gasteiger charge is -2.36. The van der Waals surface area contributed by atoms with E-state index in [0.717, 1.165) is 37.3 Å². The van der Waals surface area contributed by atoms with Crippen LogP contribution in [0, 0.1) is 0 Å². The van der Waals surface area contributed by atoms with E-state index in [9.17, 15) is 0 Å². The molecule has 3 N–H and O–H groups in total. The standard InChI is InChI=1S/C13H17ClN2OS/c1-13(4-6-17-7-5-13)16-11-3-2-9(14)8-10(11)12(15)18/h2-3,8,16H,4-7H2,1H3,(H2,15,18). The van der Waals surface area contributed by atoms with Gasteiger partial charge in [-0.05, 0) is 38.0 Å². The van der Waals surface area contributed by atoms with Crippen molar-refractivity contribution in [2.75, 3.05) is 18.5 Å². The molecule has 0 spiro atoms. The van der Waals surface area contributed by atoms with Crippen LogP contribution >= 0.6 is 23.8 Å². The highest BCUT2D eigenvalue weighted by Crippen LogP contribution is 2.28. The molecule has 1 heterocycles. The summed E-state index contributed by atoms with van der Waals surface area (Å²) < 4.78 is 5.39. The molecule has 1 aromatic carbocycles. The topological polar surface area (TPSA) is 47.3 Å². The molecule has 1 aliphatic heterocycles. The molecule has 98 valence electrons. The summed E-state index contributed by atoms with van der Waals surface area (Å²) in [5, 5.41) is 4.17. The van der Waals surface area contributed by atoms with Gasteiger partial charge in [-0.1, -0.05) is 23.8 Å². The molecule has 0 atom stereocenters. The predicted octanol–water partition coefficient (Wildman–Crippen LogP) is 2.96. The maximum absolute atomic E-state index is 5.98. The minimum Gasteiger partial charge on any atom is -0.389 e. The lowest BCUT2D eigenvalue weighted by atomic mass is 9.91. The number of hydrogen-bond acceptors (Lipinski definition) is 3. The first-order chi connectivity index (χ1) is 8.50. The molecule has 1 fully saturated rings. The van der Waals surface area contributed by atoms with E-state index >= 15 is 0 Å². The summed E-state index contributed by atoms with van der Waals surface area (Å²) in [5.41, 5.74) is 7.50. The molecule has 1 saturated heterocycles. The van der Waals surface area contributed by atoms with Gasteiger partial charge in [0.1, 0.15) is 4.99 Å². The fourth-order valence-corrected chi connectivity index (χ4v) is 2.44. The molecule has 5 heteroatoms. The average molecular weight is 285 g/mol. The van der Waals surface area contributed by atoms with Crippen molar-refractivity contribution in [1.29, 1.82) is 0 Å². The first-order valence-corrected chi connectivity index (χ1v) is 6.74. The van der Waals surface area contributed by atoms with Crippen molar-refractivity contribution in [2.45, 2.75) is 25.3 Å². The third-order valence-corrected chi connectivity index (χ3v) is 3.73. The van der Waals surface area contributed by atoms with Crippen molar-refractivity contribution in [3.63, 3.8) is 0 Å². The van der Waals surface area contributed by atoms with Crippen LogP contribution in [0.5, 0.6) is 0 Å². The van der Waals surface area contributed by atoms with Crippen LogP contribution in [0.15, 0.2) is 18.2 Å². The minimum atomic E-state index is 0.0195. The van der Waals surface area contributed by atoms with Crippen molar-refractivity contribution < 1.29 is 4.74 Å². The van der Waals surface area contributed by atoms with Gasteiger partial charge in [-0.3, -0.25) is 0 Å². The lowest BCUT2D eigenvalue weighted by Crippen LogP contribution is -2.41. The summed E-state index contributed by atoms with van der Waals surface area (Å²) in [6, 6.07) is 5.57. The second-order valence-corrected chi connectivity index (χ2v) is 5.73. The van der Waals surface area contributed by atoms with E-state index < -0.39 is 0 Å². The van der Waals surface area contributed by atoms with Crippen LogP contribution in [0.25, 0.3) is 0 Å². The van der Waals surface area contributed by atoms with Crippen LogP contribution in [0.3, 0.4) is 0 Å². The maximum atomic E-state index is 5.98. The molecular formula is C13H17ClN2OS.